The summed E-state index contributed by atoms with van der Waals surface area (Å²) in [6.07, 6.45) is 2.73. The molecule has 30 heavy (non-hydrogen) atoms. The van der Waals surface area contributed by atoms with E-state index in [1.165, 1.54) is 23.7 Å². The standard InChI is InChI=1S/C20H19N3O2.C3H8.C2H6/c1-2-23-11-13-7-8-15(9-14(13)12-23)22-20(25)17-10-21-18-6-4-3-5-16(18)19(17)24;1-3-2;1-2/h3-10H,2,11-12H2,1H3,(H,21,24)(H,22,25);3H2,1-2H3;1-2H3. The maximum atomic E-state index is 12.6. The van der Waals surface area contributed by atoms with Gasteiger partial charge in [-0.2, -0.15) is 0 Å². The summed E-state index contributed by atoms with van der Waals surface area (Å²) < 4.78 is 0. The summed E-state index contributed by atoms with van der Waals surface area (Å²) >= 11 is 0. The molecule has 0 bridgehead atoms. The third-order valence-electron chi connectivity index (χ3n) is 4.73. The van der Waals surface area contributed by atoms with Crippen LogP contribution in [0.3, 0.4) is 0 Å². The molecule has 5 heteroatoms. The number of nitrogens with one attached hydrogen (secondary N) is 2. The number of anilines is 1. The Bertz CT molecular complexity index is 1040. The molecule has 4 rings (SSSR count). The second-order valence-corrected chi connectivity index (χ2v) is 7.03. The minimum atomic E-state index is -0.391. The Morgan fingerprint density at radius 3 is 2.40 bits per heavy atom. The van der Waals surface area contributed by atoms with Crippen molar-refractivity contribution in [1.29, 1.82) is 0 Å². The molecule has 0 saturated heterocycles. The van der Waals surface area contributed by atoms with E-state index >= 15 is 0 Å². The number of aromatic amines is 1. The molecule has 1 amide bonds. The predicted molar refractivity (Wildman–Crippen MR) is 126 cm³/mol. The number of pyridine rings is 1. The van der Waals surface area contributed by atoms with Crippen molar-refractivity contribution in [2.75, 3.05) is 11.9 Å². The highest BCUT2D eigenvalue weighted by Gasteiger charge is 2.19. The highest BCUT2D eigenvalue weighted by molar-refractivity contribution is 6.05. The van der Waals surface area contributed by atoms with Crippen molar-refractivity contribution in [1.82, 2.24) is 9.88 Å². The molecule has 0 unspecified atom stereocenters. The van der Waals surface area contributed by atoms with Crippen molar-refractivity contribution in [2.45, 2.75) is 54.1 Å². The third kappa shape index (κ3) is 5.36. The molecule has 160 valence electrons. The normalized spacial score (nSPS) is 12.3. The zero-order valence-electron chi connectivity index (χ0n) is 18.7. The van der Waals surface area contributed by atoms with Crippen molar-refractivity contribution < 1.29 is 4.79 Å². The molecule has 0 saturated carbocycles. The van der Waals surface area contributed by atoms with Crippen molar-refractivity contribution in [3.8, 4) is 0 Å². The van der Waals surface area contributed by atoms with Gasteiger partial charge in [-0.15, -0.1) is 0 Å². The van der Waals surface area contributed by atoms with Crippen LogP contribution in [0, 0.1) is 0 Å². The average Bonchev–Trinajstić information content (AvgIpc) is 3.19. The van der Waals surface area contributed by atoms with Gasteiger partial charge in [-0.1, -0.05) is 59.2 Å². The molecule has 0 atom stereocenters. The molecule has 3 aromatic rings. The fourth-order valence-corrected chi connectivity index (χ4v) is 3.30. The van der Waals surface area contributed by atoms with E-state index in [9.17, 15) is 9.59 Å². The lowest BCUT2D eigenvalue weighted by Crippen LogP contribution is -2.22. The summed E-state index contributed by atoms with van der Waals surface area (Å²) in [5.41, 5.74) is 3.82. The quantitative estimate of drug-likeness (QED) is 0.597. The molecule has 2 aromatic carbocycles. The molecular weight excluding hydrogens is 374 g/mol. The van der Waals surface area contributed by atoms with Crippen LogP contribution in [0.2, 0.25) is 0 Å². The highest BCUT2D eigenvalue weighted by Crippen LogP contribution is 2.25. The van der Waals surface area contributed by atoms with E-state index < -0.39 is 5.91 Å². The molecule has 1 aromatic heterocycles. The van der Waals surface area contributed by atoms with Crippen LogP contribution in [0.15, 0.2) is 53.5 Å². The lowest BCUT2D eigenvalue weighted by atomic mass is 10.1. The molecule has 0 aliphatic carbocycles. The molecule has 2 N–H and O–H groups in total. The average molecular weight is 408 g/mol. The number of fused-ring (bicyclic) bond motifs is 2. The number of carbonyl (C=O) groups excluding carboxylic acids is 1. The van der Waals surface area contributed by atoms with Crippen LogP contribution in [0.1, 0.15) is 62.5 Å². The van der Waals surface area contributed by atoms with Gasteiger partial charge in [-0.25, -0.2) is 0 Å². The zero-order valence-corrected chi connectivity index (χ0v) is 18.7. The Labute approximate surface area is 179 Å². The molecule has 0 fully saturated rings. The van der Waals surface area contributed by atoms with Crippen LogP contribution in [0.4, 0.5) is 5.69 Å². The fourth-order valence-electron chi connectivity index (χ4n) is 3.30. The van der Waals surface area contributed by atoms with E-state index in [2.05, 4.69) is 36.0 Å². The van der Waals surface area contributed by atoms with Crippen molar-refractivity contribution in [3.05, 3.63) is 75.6 Å². The van der Waals surface area contributed by atoms with E-state index in [1.807, 2.05) is 44.2 Å². The van der Waals surface area contributed by atoms with Crippen molar-refractivity contribution in [3.63, 3.8) is 0 Å². The van der Waals surface area contributed by atoms with Crippen LogP contribution >= 0.6 is 0 Å². The molecule has 0 spiro atoms. The third-order valence-corrected chi connectivity index (χ3v) is 4.73. The summed E-state index contributed by atoms with van der Waals surface area (Å²) in [5.74, 6) is -0.391. The Balaban J connectivity index is 0.000000590. The Morgan fingerprint density at radius 1 is 1.03 bits per heavy atom. The SMILES string of the molecule is CC.CCC.CCN1Cc2ccc(NC(=O)c3c[nH]c4ccccc4c3=O)cc2C1. The van der Waals surface area contributed by atoms with Gasteiger partial charge in [0.05, 0.1) is 0 Å². The minimum absolute atomic E-state index is 0.120. The number of hydrogen-bond acceptors (Lipinski definition) is 3. The first-order valence-electron chi connectivity index (χ1n) is 10.8. The largest absolute Gasteiger partial charge is 0.360 e. The number of para-hydroxylation sites is 1. The van der Waals surface area contributed by atoms with E-state index in [1.54, 1.807) is 12.1 Å². The maximum absolute atomic E-state index is 12.6. The van der Waals surface area contributed by atoms with Crippen LogP contribution in [-0.2, 0) is 13.1 Å². The van der Waals surface area contributed by atoms with Gasteiger partial charge in [0.25, 0.3) is 5.91 Å². The first-order chi connectivity index (χ1) is 14.6. The van der Waals surface area contributed by atoms with Gasteiger partial charge in [0.2, 0.25) is 5.43 Å². The molecule has 1 aliphatic rings. The Kier molecular flexibility index (Phi) is 8.81. The van der Waals surface area contributed by atoms with Crippen LogP contribution in [0.5, 0.6) is 0 Å². The maximum Gasteiger partial charge on any atom is 0.261 e. The second kappa shape index (κ2) is 11.3. The van der Waals surface area contributed by atoms with Gasteiger partial charge in [-0.3, -0.25) is 14.5 Å². The van der Waals surface area contributed by atoms with E-state index in [4.69, 9.17) is 0 Å². The molecule has 1 aliphatic heterocycles. The minimum Gasteiger partial charge on any atom is -0.360 e. The first kappa shape index (κ1) is 23.4. The number of benzene rings is 2. The van der Waals surface area contributed by atoms with Crippen LogP contribution < -0.4 is 10.7 Å². The summed E-state index contributed by atoms with van der Waals surface area (Å²) in [6.45, 7) is 13.2. The zero-order chi connectivity index (χ0) is 22.1. The Morgan fingerprint density at radius 2 is 1.70 bits per heavy atom. The number of aromatic nitrogens is 1. The van der Waals surface area contributed by atoms with E-state index in [0.717, 1.165) is 25.2 Å². The van der Waals surface area contributed by atoms with Gasteiger partial charge < -0.3 is 10.3 Å². The second-order valence-electron chi connectivity index (χ2n) is 7.03. The lowest BCUT2D eigenvalue weighted by molar-refractivity contribution is 0.102. The summed E-state index contributed by atoms with van der Waals surface area (Å²) in [7, 11) is 0. The van der Waals surface area contributed by atoms with Gasteiger partial charge >= 0.3 is 0 Å². The number of H-pyrrole nitrogens is 1. The van der Waals surface area contributed by atoms with Crippen molar-refractivity contribution in [2.24, 2.45) is 0 Å². The van der Waals surface area contributed by atoms with Crippen LogP contribution in [0.25, 0.3) is 10.9 Å². The smallest absolute Gasteiger partial charge is 0.261 e. The topological polar surface area (TPSA) is 65.2 Å². The van der Waals surface area contributed by atoms with E-state index in [-0.39, 0.29) is 11.0 Å². The van der Waals surface area contributed by atoms with Gasteiger partial charge in [-0.05, 0) is 41.9 Å². The van der Waals surface area contributed by atoms with Gasteiger partial charge in [0.15, 0.2) is 0 Å². The number of rotatable bonds is 3. The van der Waals surface area contributed by atoms with E-state index in [0.29, 0.717) is 11.1 Å². The number of nitrogens with zero attached hydrogens (tertiary/aromatic N) is 1. The molecular formula is C25H33N3O2. The molecule has 2 heterocycles. The number of hydrogen-bond donors (Lipinski definition) is 2. The number of amides is 1. The fraction of sp³-hybridized carbons (Fsp3) is 0.360. The molecule has 0 radical (unpaired) electrons. The summed E-state index contributed by atoms with van der Waals surface area (Å²) in [5, 5.41) is 3.37. The summed E-state index contributed by atoms with van der Waals surface area (Å²) in [6, 6.07) is 13.1. The number of carbonyl (C=O) groups is 1. The monoisotopic (exact) mass is 407 g/mol. The summed E-state index contributed by atoms with van der Waals surface area (Å²) in [4.78, 5) is 30.5. The van der Waals surface area contributed by atoms with Crippen molar-refractivity contribution >= 4 is 22.5 Å². The predicted octanol–water partition coefficient (Wildman–Crippen LogP) is 5.56. The van der Waals surface area contributed by atoms with Crippen LogP contribution in [-0.4, -0.2) is 22.3 Å². The van der Waals surface area contributed by atoms with Gasteiger partial charge in [0, 0.05) is 35.9 Å². The van der Waals surface area contributed by atoms with Gasteiger partial charge in [0.1, 0.15) is 5.56 Å². The first-order valence-corrected chi connectivity index (χ1v) is 10.8. The Hall–Kier alpha value is -2.92. The lowest BCUT2D eigenvalue weighted by Gasteiger charge is -2.09. The molecule has 5 nitrogen and oxygen atoms in total. The highest BCUT2D eigenvalue weighted by atomic mass is 16.2.